The Morgan fingerprint density at radius 2 is 1.57 bits per heavy atom. The fourth-order valence-electron chi connectivity index (χ4n) is 3.01. The zero-order valence-corrected chi connectivity index (χ0v) is 17.9. The van der Waals surface area contributed by atoms with Gasteiger partial charge in [0.1, 0.15) is 0 Å². The largest absolute Gasteiger partial charge is 0.376 e. The van der Waals surface area contributed by atoms with Gasteiger partial charge >= 0.3 is 0 Å². The molecule has 2 amide bonds. The number of nitrogens with one attached hydrogen (secondary N) is 3. The van der Waals surface area contributed by atoms with Crippen LogP contribution in [0.25, 0.3) is 5.69 Å². The normalized spacial score (nSPS) is 10.5. The van der Waals surface area contributed by atoms with Gasteiger partial charge in [0.25, 0.3) is 5.91 Å². The van der Waals surface area contributed by atoms with Crippen molar-refractivity contribution in [3.63, 3.8) is 0 Å². The van der Waals surface area contributed by atoms with Crippen LogP contribution in [0.4, 0.5) is 5.69 Å². The quantitative estimate of drug-likeness (QED) is 0.529. The molecule has 3 N–H and O–H groups in total. The molecule has 156 valence electrons. The van der Waals surface area contributed by atoms with Crippen LogP contribution in [0.2, 0.25) is 5.02 Å². The second-order valence-electron chi connectivity index (χ2n) is 7.03. The lowest BCUT2D eigenvalue weighted by atomic mass is 10.1. The third-order valence-corrected chi connectivity index (χ3v) is 4.95. The Labute approximate surface area is 180 Å². The minimum atomic E-state index is -0.339. The molecule has 1 aromatic heterocycles. The summed E-state index contributed by atoms with van der Waals surface area (Å²) in [6.07, 6.45) is 0.108. The number of carbonyl (C=O) groups excluding carboxylic acids is 2. The zero-order chi connectivity index (χ0) is 21.7. The van der Waals surface area contributed by atoms with Gasteiger partial charge in [-0.25, -0.2) is 4.68 Å². The topological polar surface area (TPSA) is 88.1 Å². The van der Waals surface area contributed by atoms with Gasteiger partial charge in [-0.15, -0.1) is 0 Å². The predicted molar refractivity (Wildman–Crippen MR) is 118 cm³/mol. The van der Waals surface area contributed by atoms with E-state index in [-0.39, 0.29) is 24.8 Å². The second-order valence-corrected chi connectivity index (χ2v) is 7.47. The molecule has 0 saturated carbocycles. The van der Waals surface area contributed by atoms with E-state index in [1.165, 1.54) is 0 Å². The fraction of sp³-hybridized carbons (Fsp3) is 0.227. The van der Waals surface area contributed by atoms with Crippen LogP contribution < -0.4 is 16.2 Å². The highest BCUT2D eigenvalue weighted by atomic mass is 35.5. The Kier molecular flexibility index (Phi) is 6.74. The van der Waals surface area contributed by atoms with E-state index in [4.69, 9.17) is 11.6 Å². The summed E-state index contributed by atoms with van der Waals surface area (Å²) in [6.45, 7) is 5.80. The standard InChI is InChI=1S/C22H24ClN5O2/c1-14-4-8-18(9-5-14)24-13-22(30)26-25-21(29)12-20-15(2)27-28(16(20)3)19-10-6-17(23)7-11-19/h4-11,24H,12-13H2,1-3H3,(H,25,29)(H,26,30). The predicted octanol–water partition coefficient (Wildman–Crippen LogP) is 3.25. The fourth-order valence-corrected chi connectivity index (χ4v) is 3.13. The molecule has 0 bridgehead atoms. The molecule has 1 heterocycles. The lowest BCUT2D eigenvalue weighted by Crippen LogP contribution is -2.44. The lowest BCUT2D eigenvalue weighted by Gasteiger charge is -2.10. The van der Waals surface area contributed by atoms with E-state index >= 15 is 0 Å². The molecule has 0 saturated heterocycles. The van der Waals surface area contributed by atoms with E-state index in [0.29, 0.717) is 5.02 Å². The Morgan fingerprint density at radius 1 is 0.933 bits per heavy atom. The summed E-state index contributed by atoms with van der Waals surface area (Å²) in [7, 11) is 0. The van der Waals surface area contributed by atoms with Crippen LogP contribution >= 0.6 is 11.6 Å². The summed E-state index contributed by atoms with van der Waals surface area (Å²) in [5.41, 5.74) is 10.1. The molecule has 8 heteroatoms. The molecule has 0 fully saturated rings. The minimum Gasteiger partial charge on any atom is -0.376 e. The number of rotatable bonds is 6. The van der Waals surface area contributed by atoms with Gasteiger partial charge in [-0.1, -0.05) is 29.3 Å². The molecule has 0 aliphatic carbocycles. The van der Waals surface area contributed by atoms with Crippen LogP contribution in [0, 0.1) is 20.8 Å². The number of carbonyl (C=O) groups is 2. The van der Waals surface area contributed by atoms with E-state index in [1.54, 1.807) is 16.8 Å². The summed E-state index contributed by atoms with van der Waals surface area (Å²) < 4.78 is 1.78. The summed E-state index contributed by atoms with van der Waals surface area (Å²) in [5.74, 6) is -0.658. The van der Waals surface area contributed by atoms with E-state index < -0.39 is 0 Å². The van der Waals surface area contributed by atoms with Crippen LogP contribution in [0.15, 0.2) is 48.5 Å². The highest BCUT2D eigenvalue weighted by Crippen LogP contribution is 2.20. The van der Waals surface area contributed by atoms with Crippen molar-refractivity contribution < 1.29 is 9.59 Å². The van der Waals surface area contributed by atoms with Gasteiger partial charge in [0.05, 0.1) is 24.3 Å². The van der Waals surface area contributed by atoms with Crippen molar-refractivity contribution in [3.05, 3.63) is 76.1 Å². The summed E-state index contributed by atoms with van der Waals surface area (Å²) in [4.78, 5) is 24.3. The van der Waals surface area contributed by atoms with Gasteiger partial charge in [-0.2, -0.15) is 5.10 Å². The summed E-state index contributed by atoms with van der Waals surface area (Å²) in [5, 5.41) is 8.17. The monoisotopic (exact) mass is 425 g/mol. The van der Waals surface area contributed by atoms with Crippen LogP contribution in [0.5, 0.6) is 0 Å². The Morgan fingerprint density at radius 3 is 2.23 bits per heavy atom. The molecule has 2 aromatic carbocycles. The maximum atomic E-state index is 12.3. The van der Waals surface area contributed by atoms with Crippen LogP contribution in [0.3, 0.4) is 0 Å². The molecule has 30 heavy (non-hydrogen) atoms. The van der Waals surface area contributed by atoms with E-state index in [0.717, 1.165) is 33.9 Å². The Bertz CT molecular complexity index is 1040. The number of hydrogen-bond donors (Lipinski definition) is 3. The molecule has 3 aromatic rings. The maximum Gasteiger partial charge on any atom is 0.257 e. The van der Waals surface area contributed by atoms with E-state index in [2.05, 4.69) is 21.3 Å². The average Bonchev–Trinajstić information content (AvgIpc) is 3.00. The molecule has 0 atom stereocenters. The SMILES string of the molecule is Cc1ccc(NCC(=O)NNC(=O)Cc2c(C)nn(-c3ccc(Cl)cc3)c2C)cc1. The van der Waals surface area contributed by atoms with E-state index in [9.17, 15) is 9.59 Å². The van der Waals surface area contributed by atoms with Crippen LogP contribution in [0.1, 0.15) is 22.5 Å². The molecule has 0 spiro atoms. The molecule has 0 aliphatic heterocycles. The van der Waals surface area contributed by atoms with Crippen molar-refractivity contribution in [1.29, 1.82) is 0 Å². The van der Waals surface area contributed by atoms with E-state index in [1.807, 2.05) is 57.2 Å². The number of hydrogen-bond acceptors (Lipinski definition) is 4. The number of hydrazine groups is 1. The molecule has 3 rings (SSSR count). The number of amides is 2. The number of aryl methyl sites for hydroxylation is 2. The number of benzene rings is 2. The molecule has 7 nitrogen and oxygen atoms in total. The second kappa shape index (κ2) is 9.45. The minimum absolute atomic E-state index is 0.0515. The first-order valence-electron chi connectivity index (χ1n) is 9.52. The first kappa shape index (κ1) is 21.4. The highest BCUT2D eigenvalue weighted by Gasteiger charge is 2.16. The van der Waals surface area contributed by atoms with Crippen molar-refractivity contribution >= 4 is 29.1 Å². The number of nitrogens with zero attached hydrogens (tertiary/aromatic N) is 2. The van der Waals surface area contributed by atoms with Gasteiger partial charge in [0.15, 0.2) is 0 Å². The van der Waals surface area contributed by atoms with Gasteiger partial charge in [-0.05, 0) is 57.2 Å². The first-order chi connectivity index (χ1) is 14.3. The van der Waals surface area contributed by atoms with Gasteiger partial charge < -0.3 is 5.32 Å². The van der Waals surface area contributed by atoms with Crippen molar-refractivity contribution in [3.8, 4) is 5.69 Å². The third kappa shape index (κ3) is 5.39. The maximum absolute atomic E-state index is 12.3. The van der Waals surface area contributed by atoms with Crippen LogP contribution in [-0.2, 0) is 16.0 Å². The van der Waals surface area contributed by atoms with Gasteiger partial charge in [0, 0.05) is 22.0 Å². The van der Waals surface area contributed by atoms with Gasteiger partial charge in [0.2, 0.25) is 5.91 Å². The third-order valence-electron chi connectivity index (χ3n) is 4.70. The molecule has 0 aliphatic rings. The number of halogens is 1. The smallest absolute Gasteiger partial charge is 0.257 e. The molecule has 0 unspecified atom stereocenters. The number of aromatic nitrogens is 2. The molecular weight excluding hydrogens is 402 g/mol. The Hall–Kier alpha value is -3.32. The first-order valence-corrected chi connectivity index (χ1v) is 9.90. The highest BCUT2D eigenvalue weighted by molar-refractivity contribution is 6.30. The average molecular weight is 426 g/mol. The molecular formula is C22H24ClN5O2. The zero-order valence-electron chi connectivity index (χ0n) is 17.1. The van der Waals surface area contributed by atoms with Crippen molar-refractivity contribution in [2.75, 3.05) is 11.9 Å². The number of anilines is 1. The van der Waals surface area contributed by atoms with Crippen molar-refractivity contribution in [1.82, 2.24) is 20.6 Å². The Balaban J connectivity index is 1.54. The summed E-state index contributed by atoms with van der Waals surface area (Å²) in [6, 6.07) is 15.0. The lowest BCUT2D eigenvalue weighted by molar-refractivity contribution is -0.127. The van der Waals surface area contributed by atoms with Crippen LogP contribution in [-0.4, -0.2) is 28.1 Å². The molecule has 0 radical (unpaired) electrons. The van der Waals surface area contributed by atoms with Gasteiger partial charge in [-0.3, -0.25) is 20.4 Å². The van der Waals surface area contributed by atoms with Crippen molar-refractivity contribution in [2.45, 2.75) is 27.2 Å². The summed E-state index contributed by atoms with van der Waals surface area (Å²) >= 11 is 5.95. The van der Waals surface area contributed by atoms with Crippen molar-refractivity contribution in [2.24, 2.45) is 0 Å².